The molecule has 0 bridgehead atoms. The fraction of sp³-hybridized carbons (Fsp3) is 0.564. The predicted octanol–water partition coefficient (Wildman–Crippen LogP) is 5.71. The highest BCUT2D eigenvalue weighted by atomic mass is 35.5. The lowest BCUT2D eigenvalue weighted by Gasteiger charge is -2.42. The fourth-order valence-electron chi connectivity index (χ4n) is 7.77. The molecule has 5 heterocycles. The SMILES string of the molecule is CN1C(=O)C[C@@H](OC2CCCCO2)[C@H]1COc1nc2c(c(N3CCN(C(=O)OC(C)(C)C)[C@@H](CC#N)C3)n1)CCN(c1cccc3cccc(Cl)c13)C2. The second kappa shape index (κ2) is 15.5. The van der Waals surface area contributed by atoms with Crippen molar-refractivity contribution in [3.8, 4) is 12.1 Å². The van der Waals surface area contributed by atoms with Gasteiger partial charge in [0.05, 0.1) is 54.4 Å². The Hall–Kier alpha value is -4.38. The molecule has 3 fully saturated rings. The van der Waals surface area contributed by atoms with Crippen molar-refractivity contribution in [2.24, 2.45) is 0 Å². The summed E-state index contributed by atoms with van der Waals surface area (Å²) < 4.78 is 24.2. The molecule has 7 rings (SSSR count). The van der Waals surface area contributed by atoms with Crippen LogP contribution in [0.5, 0.6) is 6.01 Å². The Morgan fingerprint density at radius 1 is 1.09 bits per heavy atom. The van der Waals surface area contributed by atoms with Crippen LogP contribution in [0.1, 0.15) is 64.1 Å². The fourth-order valence-corrected chi connectivity index (χ4v) is 8.05. The number of aromatic nitrogens is 2. The highest BCUT2D eigenvalue weighted by Gasteiger charge is 2.41. The molecule has 0 spiro atoms. The largest absolute Gasteiger partial charge is 0.461 e. The number of halogens is 1. The van der Waals surface area contributed by atoms with Crippen LogP contribution in [-0.2, 0) is 32.0 Å². The van der Waals surface area contributed by atoms with Gasteiger partial charge in [0.15, 0.2) is 6.29 Å². The van der Waals surface area contributed by atoms with Gasteiger partial charge >= 0.3 is 12.1 Å². The van der Waals surface area contributed by atoms with E-state index in [9.17, 15) is 14.9 Å². The lowest BCUT2D eigenvalue weighted by atomic mass is 10.0. The molecule has 0 aliphatic carbocycles. The molecule has 0 radical (unpaired) electrons. The van der Waals surface area contributed by atoms with Crippen molar-refractivity contribution in [3.63, 3.8) is 0 Å². The lowest BCUT2D eigenvalue weighted by molar-refractivity contribution is -0.193. The van der Waals surface area contributed by atoms with Crippen LogP contribution in [0.3, 0.4) is 0 Å². The normalized spacial score (nSPS) is 23.6. The smallest absolute Gasteiger partial charge is 0.410 e. The standard InChI is InChI=1S/C39H48ClN7O6/c1-39(2,3)53-38(49)47-19-18-46(22-26(47)14-16-41)36-27-15-17-45(30-12-8-10-25-9-7-11-28(40)35(25)30)23-29(27)42-37(43-36)51-24-31-32(21-33(48)44(31)4)52-34-13-5-6-20-50-34/h7-12,26,31-32,34H,5-6,13-15,17-24H2,1-4H3/t26-,31+,32+,34?/m0/s1. The second-order valence-electron chi connectivity index (χ2n) is 15.2. The van der Waals surface area contributed by atoms with E-state index in [4.69, 9.17) is 40.5 Å². The van der Waals surface area contributed by atoms with E-state index in [0.29, 0.717) is 50.8 Å². The van der Waals surface area contributed by atoms with Crippen LogP contribution in [0, 0.1) is 11.3 Å². The number of ether oxygens (including phenoxy) is 4. The first-order valence-electron chi connectivity index (χ1n) is 18.6. The number of carbonyl (C=O) groups excluding carboxylic acids is 2. The van der Waals surface area contributed by atoms with Gasteiger partial charge in [-0.15, -0.1) is 0 Å². The van der Waals surface area contributed by atoms with Gasteiger partial charge < -0.3 is 38.5 Å². The Bertz CT molecular complexity index is 1870. The molecule has 1 unspecified atom stereocenters. The zero-order valence-corrected chi connectivity index (χ0v) is 31.7. The Morgan fingerprint density at radius 2 is 1.91 bits per heavy atom. The van der Waals surface area contributed by atoms with Crippen LogP contribution in [0.2, 0.25) is 5.02 Å². The average Bonchev–Trinajstić information content (AvgIpc) is 3.40. The first-order valence-corrected chi connectivity index (χ1v) is 19.0. The summed E-state index contributed by atoms with van der Waals surface area (Å²) in [6.07, 6.45) is 2.75. The zero-order chi connectivity index (χ0) is 37.3. The number of amides is 2. The number of likely N-dealkylation sites (N-methyl/N-ethyl adjacent to an activating group) is 1. The number of fused-ring (bicyclic) bond motifs is 2. The quantitative estimate of drug-likeness (QED) is 0.281. The van der Waals surface area contributed by atoms with E-state index in [0.717, 1.165) is 52.8 Å². The summed E-state index contributed by atoms with van der Waals surface area (Å²) in [6.45, 7) is 8.77. The summed E-state index contributed by atoms with van der Waals surface area (Å²) in [4.78, 5) is 43.8. The maximum Gasteiger partial charge on any atom is 0.410 e. The highest BCUT2D eigenvalue weighted by Crippen LogP contribution is 2.38. The number of anilines is 2. The molecule has 4 atom stereocenters. The van der Waals surface area contributed by atoms with Crippen LogP contribution < -0.4 is 14.5 Å². The summed E-state index contributed by atoms with van der Waals surface area (Å²) >= 11 is 6.76. The lowest BCUT2D eigenvalue weighted by Crippen LogP contribution is -2.56. The van der Waals surface area contributed by atoms with Gasteiger partial charge in [0, 0.05) is 56.5 Å². The summed E-state index contributed by atoms with van der Waals surface area (Å²) in [5.41, 5.74) is 2.20. The molecule has 2 aromatic carbocycles. The van der Waals surface area contributed by atoms with Crippen LogP contribution in [0.25, 0.3) is 10.8 Å². The van der Waals surface area contributed by atoms with Crippen molar-refractivity contribution < 1.29 is 28.5 Å². The molecule has 13 nitrogen and oxygen atoms in total. The van der Waals surface area contributed by atoms with Crippen molar-refractivity contribution in [3.05, 3.63) is 52.7 Å². The second-order valence-corrected chi connectivity index (χ2v) is 15.6. The number of likely N-dealkylation sites (tertiary alicyclic amines) is 1. The summed E-state index contributed by atoms with van der Waals surface area (Å²) in [6, 6.07) is 13.8. The molecule has 0 saturated carbocycles. The van der Waals surface area contributed by atoms with E-state index >= 15 is 0 Å². The Kier molecular flexibility index (Phi) is 10.8. The van der Waals surface area contributed by atoms with Crippen molar-refractivity contribution in [2.75, 3.05) is 56.2 Å². The van der Waals surface area contributed by atoms with Gasteiger partial charge in [-0.1, -0.05) is 35.9 Å². The summed E-state index contributed by atoms with van der Waals surface area (Å²) in [5, 5.41) is 12.5. The third-order valence-corrected chi connectivity index (χ3v) is 10.8. The van der Waals surface area contributed by atoms with Gasteiger partial charge in [0.1, 0.15) is 18.0 Å². The van der Waals surface area contributed by atoms with Crippen LogP contribution in [-0.4, -0.2) is 108 Å². The molecule has 282 valence electrons. The van der Waals surface area contributed by atoms with E-state index in [1.165, 1.54) is 0 Å². The number of hydrogen-bond acceptors (Lipinski definition) is 11. The first-order chi connectivity index (χ1) is 25.5. The minimum absolute atomic E-state index is 0.0118. The number of carbonyl (C=O) groups is 2. The summed E-state index contributed by atoms with van der Waals surface area (Å²) in [5.74, 6) is 0.717. The third kappa shape index (κ3) is 8.10. The highest BCUT2D eigenvalue weighted by molar-refractivity contribution is 6.36. The van der Waals surface area contributed by atoms with Crippen molar-refractivity contribution >= 4 is 45.9 Å². The number of hydrogen-bond donors (Lipinski definition) is 0. The molecule has 4 aliphatic heterocycles. The predicted molar refractivity (Wildman–Crippen MR) is 200 cm³/mol. The zero-order valence-electron chi connectivity index (χ0n) is 30.9. The molecule has 3 aromatic rings. The molecule has 53 heavy (non-hydrogen) atoms. The van der Waals surface area contributed by atoms with Gasteiger partial charge in [0.25, 0.3) is 0 Å². The topological polar surface area (TPSA) is 134 Å². The van der Waals surface area contributed by atoms with Crippen LogP contribution >= 0.6 is 11.6 Å². The number of nitrogens with zero attached hydrogens (tertiary/aromatic N) is 7. The van der Waals surface area contributed by atoms with E-state index in [-0.39, 0.29) is 49.8 Å². The Balaban J connectivity index is 1.19. The van der Waals surface area contributed by atoms with E-state index in [1.807, 2.05) is 39.0 Å². The molecular weight excluding hydrogens is 698 g/mol. The minimum Gasteiger partial charge on any atom is -0.461 e. The number of rotatable bonds is 8. The Morgan fingerprint density at radius 3 is 2.66 bits per heavy atom. The average molecular weight is 746 g/mol. The molecule has 2 amide bonds. The first kappa shape index (κ1) is 37.0. The van der Waals surface area contributed by atoms with E-state index < -0.39 is 17.7 Å². The molecular formula is C39H48ClN7O6. The Labute approximate surface area is 315 Å². The van der Waals surface area contributed by atoms with E-state index in [1.54, 1.807) is 16.8 Å². The molecule has 4 aliphatic rings. The third-order valence-electron chi connectivity index (χ3n) is 10.5. The van der Waals surface area contributed by atoms with Crippen molar-refractivity contribution in [1.82, 2.24) is 19.8 Å². The van der Waals surface area contributed by atoms with Gasteiger partial charge in [-0.05, 0) is 64.0 Å². The van der Waals surface area contributed by atoms with Gasteiger partial charge in [-0.3, -0.25) is 4.79 Å². The van der Waals surface area contributed by atoms with Crippen molar-refractivity contribution in [1.29, 1.82) is 5.26 Å². The maximum atomic E-state index is 13.2. The molecule has 3 saturated heterocycles. The van der Waals surface area contributed by atoms with Gasteiger partial charge in [0.2, 0.25) is 5.91 Å². The number of piperazine rings is 1. The molecule has 0 N–H and O–H groups in total. The summed E-state index contributed by atoms with van der Waals surface area (Å²) in [7, 11) is 1.77. The number of nitriles is 1. The van der Waals surface area contributed by atoms with Gasteiger partial charge in [-0.25, -0.2) is 4.79 Å². The van der Waals surface area contributed by atoms with E-state index in [2.05, 4.69) is 34.1 Å². The van der Waals surface area contributed by atoms with Crippen LogP contribution in [0.15, 0.2) is 36.4 Å². The maximum absolute atomic E-state index is 13.2. The number of benzene rings is 2. The van der Waals surface area contributed by atoms with Crippen molar-refractivity contribution in [2.45, 2.75) is 95.9 Å². The molecule has 14 heteroatoms. The minimum atomic E-state index is -0.658. The van der Waals surface area contributed by atoms with Gasteiger partial charge in [-0.2, -0.15) is 15.2 Å². The monoisotopic (exact) mass is 745 g/mol. The van der Waals surface area contributed by atoms with Crippen LogP contribution in [0.4, 0.5) is 16.3 Å². The molecule has 1 aromatic heterocycles.